The molecule has 0 aliphatic rings. The third kappa shape index (κ3) is 5.51. The molecule has 0 aliphatic heterocycles. The van der Waals surface area contributed by atoms with Crippen LogP contribution < -0.4 is 10.6 Å². The van der Waals surface area contributed by atoms with E-state index >= 15 is 0 Å². The van der Waals surface area contributed by atoms with Crippen LogP contribution in [-0.2, 0) is 9.59 Å². The molecule has 0 unspecified atom stereocenters. The Balaban J connectivity index is 1.76. The fraction of sp³-hybridized carbons (Fsp3) is 0.250. The highest BCUT2D eigenvalue weighted by Gasteiger charge is 2.11. The summed E-state index contributed by atoms with van der Waals surface area (Å²) in [7, 11) is 0. The van der Waals surface area contributed by atoms with Gasteiger partial charge in [-0.15, -0.1) is 0 Å². The van der Waals surface area contributed by atoms with E-state index in [1.54, 1.807) is 6.07 Å². The maximum absolute atomic E-state index is 12.8. The normalized spacial score (nSPS) is 10.3. The number of anilines is 1. The Morgan fingerprint density at radius 2 is 1.62 bits per heavy atom. The van der Waals surface area contributed by atoms with E-state index < -0.39 is 11.7 Å². The average molecular weight is 356 g/mol. The van der Waals surface area contributed by atoms with Crippen LogP contribution in [0.2, 0.25) is 0 Å². The molecule has 0 bridgehead atoms. The van der Waals surface area contributed by atoms with E-state index in [9.17, 15) is 18.8 Å². The molecule has 0 aromatic heterocycles. The Morgan fingerprint density at radius 1 is 0.923 bits per heavy atom. The predicted molar refractivity (Wildman–Crippen MR) is 97.5 cm³/mol. The minimum Gasteiger partial charge on any atom is -0.347 e. The number of aryl methyl sites for hydroxylation is 1. The van der Waals surface area contributed by atoms with E-state index in [1.165, 1.54) is 24.3 Å². The van der Waals surface area contributed by atoms with Gasteiger partial charge in [0, 0.05) is 24.1 Å². The highest BCUT2D eigenvalue weighted by molar-refractivity contribution is 5.99. The Kier molecular flexibility index (Phi) is 6.60. The zero-order valence-corrected chi connectivity index (χ0v) is 14.8. The largest absolute Gasteiger partial charge is 0.347 e. The number of carbonyl (C=O) groups is 3. The van der Waals surface area contributed by atoms with Gasteiger partial charge in [0.1, 0.15) is 5.82 Å². The van der Waals surface area contributed by atoms with Crippen molar-refractivity contribution in [3.63, 3.8) is 0 Å². The van der Waals surface area contributed by atoms with Crippen molar-refractivity contribution in [3.05, 3.63) is 65.0 Å². The molecule has 2 rings (SSSR count). The van der Waals surface area contributed by atoms with Gasteiger partial charge in [0.05, 0.1) is 6.54 Å². The second-order valence-electron chi connectivity index (χ2n) is 6.00. The number of benzene rings is 2. The smallest absolute Gasteiger partial charge is 0.243 e. The second-order valence-corrected chi connectivity index (χ2v) is 6.00. The lowest BCUT2D eigenvalue weighted by atomic mass is 10.1. The third-order valence-corrected chi connectivity index (χ3v) is 4.07. The molecule has 0 aliphatic carbocycles. The van der Waals surface area contributed by atoms with Crippen LogP contribution in [0.15, 0.2) is 42.5 Å². The van der Waals surface area contributed by atoms with Gasteiger partial charge in [0.2, 0.25) is 11.8 Å². The van der Waals surface area contributed by atoms with Gasteiger partial charge in [-0.25, -0.2) is 4.39 Å². The number of ketones is 1. The van der Waals surface area contributed by atoms with Crippen LogP contribution in [0.3, 0.4) is 0 Å². The molecule has 2 N–H and O–H groups in total. The SMILES string of the molecule is Cc1cccc(NC(=O)CNC(=O)CCC(=O)c2ccc(F)cc2)c1C. The van der Waals surface area contributed by atoms with E-state index in [4.69, 9.17) is 0 Å². The molecule has 0 spiro atoms. The van der Waals surface area contributed by atoms with Gasteiger partial charge in [-0.1, -0.05) is 12.1 Å². The monoisotopic (exact) mass is 356 g/mol. The van der Waals surface area contributed by atoms with Crippen molar-refractivity contribution < 1.29 is 18.8 Å². The Morgan fingerprint density at radius 3 is 2.31 bits per heavy atom. The first-order valence-corrected chi connectivity index (χ1v) is 8.28. The lowest BCUT2D eigenvalue weighted by Crippen LogP contribution is -2.33. The molecule has 26 heavy (non-hydrogen) atoms. The van der Waals surface area contributed by atoms with Crippen molar-refractivity contribution in [2.75, 3.05) is 11.9 Å². The van der Waals surface area contributed by atoms with Gasteiger partial charge < -0.3 is 10.6 Å². The number of hydrogen-bond acceptors (Lipinski definition) is 3. The van der Waals surface area contributed by atoms with Gasteiger partial charge in [-0.2, -0.15) is 0 Å². The number of hydrogen-bond donors (Lipinski definition) is 2. The topological polar surface area (TPSA) is 75.3 Å². The van der Waals surface area contributed by atoms with Crippen LogP contribution in [0.5, 0.6) is 0 Å². The highest BCUT2D eigenvalue weighted by Crippen LogP contribution is 2.17. The van der Waals surface area contributed by atoms with E-state index in [0.29, 0.717) is 11.3 Å². The predicted octanol–water partition coefficient (Wildman–Crippen LogP) is 3.16. The average Bonchev–Trinajstić information content (AvgIpc) is 2.62. The summed E-state index contributed by atoms with van der Waals surface area (Å²) in [4.78, 5) is 35.7. The van der Waals surface area contributed by atoms with Gasteiger partial charge in [-0.05, 0) is 55.3 Å². The molecule has 2 amide bonds. The van der Waals surface area contributed by atoms with Crippen molar-refractivity contribution >= 4 is 23.3 Å². The quantitative estimate of drug-likeness (QED) is 0.748. The fourth-order valence-corrected chi connectivity index (χ4v) is 2.36. The Hall–Kier alpha value is -3.02. The van der Waals surface area contributed by atoms with Crippen LogP contribution in [0.4, 0.5) is 10.1 Å². The molecule has 0 heterocycles. The van der Waals surface area contributed by atoms with Gasteiger partial charge >= 0.3 is 0 Å². The summed E-state index contributed by atoms with van der Waals surface area (Å²) >= 11 is 0. The second kappa shape index (κ2) is 8.89. The standard InChI is InChI=1S/C20H21FN2O3/c1-13-4-3-5-17(14(13)2)23-20(26)12-22-19(25)11-10-18(24)15-6-8-16(21)9-7-15/h3-9H,10-12H2,1-2H3,(H,22,25)(H,23,26). The molecule has 0 atom stereocenters. The first-order chi connectivity index (χ1) is 12.4. The summed E-state index contributed by atoms with van der Waals surface area (Å²) < 4.78 is 12.8. The molecule has 136 valence electrons. The minimum absolute atomic E-state index is 0.00390. The van der Waals surface area contributed by atoms with Crippen molar-refractivity contribution in [1.29, 1.82) is 0 Å². The van der Waals surface area contributed by atoms with Gasteiger partial charge in [0.15, 0.2) is 5.78 Å². The number of nitrogens with one attached hydrogen (secondary N) is 2. The van der Waals surface area contributed by atoms with Crippen molar-refractivity contribution in [1.82, 2.24) is 5.32 Å². The summed E-state index contributed by atoms with van der Waals surface area (Å²) in [5.41, 5.74) is 3.09. The number of halogens is 1. The lowest BCUT2D eigenvalue weighted by Gasteiger charge is -2.11. The molecule has 2 aromatic rings. The lowest BCUT2D eigenvalue weighted by molar-refractivity contribution is -0.124. The molecule has 2 aromatic carbocycles. The van der Waals surface area contributed by atoms with E-state index in [-0.39, 0.29) is 31.1 Å². The fourth-order valence-electron chi connectivity index (χ4n) is 2.36. The highest BCUT2D eigenvalue weighted by atomic mass is 19.1. The van der Waals surface area contributed by atoms with Crippen LogP contribution in [0, 0.1) is 19.7 Å². The third-order valence-electron chi connectivity index (χ3n) is 4.07. The van der Waals surface area contributed by atoms with Gasteiger partial charge in [0.25, 0.3) is 0 Å². The summed E-state index contributed by atoms with van der Waals surface area (Å²) in [6, 6.07) is 10.8. The molecule has 0 saturated heterocycles. The number of amides is 2. The molecular formula is C20H21FN2O3. The zero-order valence-electron chi connectivity index (χ0n) is 14.8. The van der Waals surface area contributed by atoms with E-state index in [2.05, 4.69) is 10.6 Å². The van der Waals surface area contributed by atoms with Crippen LogP contribution >= 0.6 is 0 Å². The summed E-state index contributed by atoms with van der Waals surface area (Å²) in [6.45, 7) is 3.69. The summed E-state index contributed by atoms with van der Waals surface area (Å²) in [6.07, 6.45) is -0.0387. The molecule has 0 radical (unpaired) electrons. The number of carbonyl (C=O) groups excluding carboxylic acids is 3. The molecular weight excluding hydrogens is 335 g/mol. The maximum atomic E-state index is 12.8. The van der Waals surface area contributed by atoms with Crippen LogP contribution in [0.1, 0.15) is 34.3 Å². The molecule has 0 saturated carbocycles. The van der Waals surface area contributed by atoms with E-state index in [1.807, 2.05) is 26.0 Å². The minimum atomic E-state index is -0.422. The van der Waals surface area contributed by atoms with Crippen LogP contribution in [0.25, 0.3) is 0 Å². The van der Waals surface area contributed by atoms with Crippen molar-refractivity contribution in [3.8, 4) is 0 Å². The molecule has 6 heteroatoms. The maximum Gasteiger partial charge on any atom is 0.243 e. The first-order valence-electron chi connectivity index (χ1n) is 8.28. The summed E-state index contributed by atoms with van der Waals surface area (Å²) in [5, 5.41) is 5.24. The first kappa shape index (κ1) is 19.3. The molecule has 0 fully saturated rings. The van der Waals surface area contributed by atoms with Crippen LogP contribution in [-0.4, -0.2) is 24.1 Å². The zero-order chi connectivity index (χ0) is 19.1. The van der Waals surface area contributed by atoms with Crippen molar-refractivity contribution in [2.45, 2.75) is 26.7 Å². The number of Topliss-reactive ketones (excluding diaryl/α,β-unsaturated/α-hetero) is 1. The molecule has 5 nitrogen and oxygen atoms in total. The Bertz CT molecular complexity index is 816. The number of rotatable bonds is 7. The van der Waals surface area contributed by atoms with E-state index in [0.717, 1.165) is 11.1 Å². The Labute approximate surface area is 151 Å². The van der Waals surface area contributed by atoms with Crippen molar-refractivity contribution in [2.24, 2.45) is 0 Å². The van der Waals surface area contributed by atoms with Gasteiger partial charge in [-0.3, -0.25) is 14.4 Å². The summed E-state index contributed by atoms with van der Waals surface area (Å²) in [5.74, 6) is -1.40.